The van der Waals surface area contributed by atoms with Crippen molar-refractivity contribution < 1.29 is 23.9 Å². The Labute approximate surface area is 148 Å². The molecule has 0 aliphatic rings. The molecule has 0 bridgehead atoms. The number of hydrogen-bond acceptors (Lipinski definition) is 5. The van der Waals surface area contributed by atoms with Crippen molar-refractivity contribution in [3.63, 3.8) is 0 Å². The van der Waals surface area contributed by atoms with Crippen molar-refractivity contribution in [2.45, 2.75) is 52.7 Å². The van der Waals surface area contributed by atoms with Crippen LogP contribution in [-0.4, -0.2) is 36.1 Å². The summed E-state index contributed by atoms with van der Waals surface area (Å²) in [4.78, 5) is 36.3. The van der Waals surface area contributed by atoms with Crippen LogP contribution in [0.2, 0.25) is 0 Å². The van der Waals surface area contributed by atoms with E-state index in [1.54, 1.807) is 51.1 Å². The molecule has 0 saturated carbocycles. The number of nitrogens with one attached hydrogen (secondary N) is 1. The fourth-order valence-electron chi connectivity index (χ4n) is 2.04. The molecule has 0 heterocycles. The van der Waals surface area contributed by atoms with Gasteiger partial charge in [0.2, 0.25) is 0 Å². The summed E-state index contributed by atoms with van der Waals surface area (Å²) in [6.07, 6.45) is -0.0357. The molecule has 0 aliphatic carbocycles. The van der Waals surface area contributed by atoms with Crippen LogP contribution in [0.15, 0.2) is 30.3 Å². The Balaban J connectivity index is 2.67. The zero-order valence-corrected chi connectivity index (χ0v) is 15.5. The SMILES string of the molecule is CC[C@@H](C)[C@H](NC(=O)OC(C)(C)C)C(=O)OCC(=O)c1ccccc1. The highest BCUT2D eigenvalue weighted by molar-refractivity contribution is 5.98. The number of ketones is 1. The van der Waals surface area contributed by atoms with Crippen molar-refractivity contribution in [1.82, 2.24) is 5.32 Å². The van der Waals surface area contributed by atoms with Crippen LogP contribution in [0.25, 0.3) is 0 Å². The van der Waals surface area contributed by atoms with E-state index in [0.29, 0.717) is 12.0 Å². The second-order valence-corrected chi connectivity index (χ2v) is 6.91. The number of benzene rings is 1. The minimum atomic E-state index is -0.872. The molecule has 0 fully saturated rings. The van der Waals surface area contributed by atoms with Gasteiger partial charge in [0.05, 0.1) is 0 Å². The molecule has 0 saturated heterocycles. The molecule has 0 spiro atoms. The second kappa shape index (κ2) is 9.20. The van der Waals surface area contributed by atoms with Crippen molar-refractivity contribution in [1.29, 1.82) is 0 Å². The van der Waals surface area contributed by atoms with Crippen molar-refractivity contribution in [2.75, 3.05) is 6.61 Å². The van der Waals surface area contributed by atoms with Gasteiger partial charge < -0.3 is 14.8 Å². The number of carbonyl (C=O) groups excluding carboxylic acids is 3. The van der Waals surface area contributed by atoms with E-state index in [1.165, 1.54) is 0 Å². The van der Waals surface area contributed by atoms with E-state index in [1.807, 2.05) is 13.8 Å². The highest BCUT2D eigenvalue weighted by atomic mass is 16.6. The zero-order valence-electron chi connectivity index (χ0n) is 15.5. The molecule has 2 atom stereocenters. The highest BCUT2D eigenvalue weighted by Crippen LogP contribution is 2.12. The first kappa shape index (κ1) is 20.7. The molecule has 138 valence electrons. The lowest BCUT2D eigenvalue weighted by Crippen LogP contribution is -2.48. The number of hydrogen-bond donors (Lipinski definition) is 1. The number of alkyl carbamates (subject to hydrolysis) is 1. The van der Waals surface area contributed by atoms with E-state index in [4.69, 9.17) is 9.47 Å². The first-order valence-electron chi connectivity index (χ1n) is 8.38. The molecule has 1 amide bonds. The molecule has 1 aromatic carbocycles. The Morgan fingerprint density at radius 1 is 1.12 bits per heavy atom. The summed E-state index contributed by atoms with van der Waals surface area (Å²) in [7, 11) is 0. The predicted octanol–water partition coefficient (Wildman–Crippen LogP) is 3.35. The van der Waals surface area contributed by atoms with Gasteiger partial charge in [-0.1, -0.05) is 50.6 Å². The topological polar surface area (TPSA) is 81.7 Å². The largest absolute Gasteiger partial charge is 0.456 e. The zero-order chi connectivity index (χ0) is 19.0. The summed E-state index contributed by atoms with van der Waals surface area (Å²) < 4.78 is 10.3. The minimum Gasteiger partial charge on any atom is -0.456 e. The van der Waals surface area contributed by atoms with E-state index in [2.05, 4.69) is 5.32 Å². The van der Waals surface area contributed by atoms with Gasteiger partial charge in [0, 0.05) is 5.56 Å². The average Bonchev–Trinajstić information content (AvgIpc) is 2.55. The summed E-state index contributed by atoms with van der Waals surface area (Å²) in [6, 6.07) is 7.71. The van der Waals surface area contributed by atoms with Crippen molar-refractivity contribution >= 4 is 17.8 Å². The maximum absolute atomic E-state index is 12.3. The van der Waals surface area contributed by atoms with Crippen molar-refractivity contribution in [2.24, 2.45) is 5.92 Å². The Kier molecular flexibility index (Phi) is 7.61. The number of carbonyl (C=O) groups is 3. The van der Waals surface area contributed by atoms with Gasteiger partial charge in [-0.15, -0.1) is 0 Å². The van der Waals surface area contributed by atoms with Gasteiger partial charge in [-0.25, -0.2) is 9.59 Å². The van der Waals surface area contributed by atoms with Crippen LogP contribution in [0.3, 0.4) is 0 Å². The number of esters is 1. The molecule has 6 heteroatoms. The van der Waals surface area contributed by atoms with Crippen LogP contribution in [-0.2, 0) is 14.3 Å². The van der Waals surface area contributed by atoms with Gasteiger partial charge in [-0.2, -0.15) is 0 Å². The number of amides is 1. The Morgan fingerprint density at radius 2 is 1.72 bits per heavy atom. The smallest absolute Gasteiger partial charge is 0.408 e. The molecule has 1 N–H and O–H groups in total. The molecule has 1 aromatic rings. The summed E-state index contributed by atoms with van der Waals surface area (Å²) in [5.74, 6) is -1.11. The van der Waals surface area contributed by atoms with Crippen LogP contribution in [0.1, 0.15) is 51.4 Å². The second-order valence-electron chi connectivity index (χ2n) is 6.91. The highest BCUT2D eigenvalue weighted by Gasteiger charge is 2.30. The summed E-state index contributed by atoms with van der Waals surface area (Å²) in [5, 5.41) is 2.54. The fraction of sp³-hybridized carbons (Fsp3) is 0.526. The fourth-order valence-corrected chi connectivity index (χ4v) is 2.04. The van der Waals surface area contributed by atoms with E-state index >= 15 is 0 Å². The molecule has 25 heavy (non-hydrogen) atoms. The average molecular weight is 349 g/mol. The number of Topliss-reactive ketones (excluding diaryl/α,β-unsaturated/α-hetero) is 1. The van der Waals surface area contributed by atoms with E-state index < -0.39 is 23.7 Å². The van der Waals surface area contributed by atoms with Crippen LogP contribution >= 0.6 is 0 Å². The molecule has 6 nitrogen and oxygen atoms in total. The Hall–Kier alpha value is -2.37. The van der Waals surface area contributed by atoms with Crippen LogP contribution in [0, 0.1) is 5.92 Å². The van der Waals surface area contributed by atoms with Gasteiger partial charge in [-0.05, 0) is 26.7 Å². The van der Waals surface area contributed by atoms with Crippen molar-refractivity contribution in [3.8, 4) is 0 Å². The van der Waals surface area contributed by atoms with Crippen LogP contribution in [0.5, 0.6) is 0 Å². The molecule has 0 aromatic heterocycles. The first-order valence-corrected chi connectivity index (χ1v) is 8.38. The van der Waals surface area contributed by atoms with Gasteiger partial charge >= 0.3 is 12.1 Å². The first-order chi connectivity index (χ1) is 11.6. The molecule has 1 rings (SSSR count). The third-order valence-corrected chi connectivity index (χ3v) is 3.58. The minimum absolute atomic E-state index is 0.160. The lowest BCUT2D eigenvalue weighted by molar-refractivity contribution is -0.146. The van der Waals surface area contributed by atoms with E-state index in [0.717, 1.165) is 0 Å². The van der Waals surface area contributed by atoms with Gasteiger partial charge in [0.25, 0.3) is 0 Å². The van der Waals surface area contributed by atoms with E-state index in [9.17, 15) is 14.4 Å². The maximum Gasteiger partial charge on any atom is 0.408 e. The van der Waals surface area contributed by atoms with Gasteiger partial charge in [-0.3, -0.25) is 4.79 Å². The summed E-state index contributed by atoms with van der Waals surface area (Å²) >= 11 is 0. The predicted molar refractivity (Wildman–Crippen MR) is 94.3 cm³/mol. The lowest BCUT2D eigenvalue weighted by Gasteiger charge is -2.25. The molecular formula is C19H27NO5. The number of rotatable bonds is 7. The molecule has 0 unspecified atom stereocenters. The van der Waals surface area contributed by atoms with Crippen LogP contribution in [0.4, 0.5) is 4.79 Å². The Morgan fingerprint density at radius 3 is 2.24 bits per heavy atom. The van der Waals surface area contributed by atoms with E-state index in [-0.39, 0.29) is 18.3 Å². The van der Waals surface area contributed by atoms with Gasteiger partial charge in [0.1, 0.15) is 11.6 Å². The standard InChI is InChI=1S/C19H27NO5/c1-6-13(2)16(20-18(23)25-19(3,4)5)17(22)24-12-15(21)14-10-8-7-9-11-14/h7-11,13,16H,6,12H2,1-5H3,(H,20,23)/t13-,16+/m1/s1. The van der Waals surface area contributed by atoms with Crippen molar-refractivity contribution in [3.05, 3.63) is 35.9 Å². The quantitative estimate of drug-likeness (QED) is 0.603. The normalized spacial score (nSPS) is 13.5. The third-order valence-electron chi connectivity index (χ3n) is 3.58. The molecule has 0 radical (unpaired) electrons. The summed E-state index contributed by atoms with van der Waals surface area (Å²) in [6.45, 7) is 8.57. The molecular weight excluding hydrogens is 322 g/mol. The summed E-state index contributed by atoms with van der Waals surface area (Å²) in [5.41, 5.74) is -0.201. The monoisotopic (exact) mass is 349 g/mol. The van der Waals surface area contributed by atoms with Gasteiger partial charge in [0.15, 0.2) is 12.4 Å². The Bertz CT molecular complexity index is 592. The molecule has 0 aliphatic heterocycles. The number of ether oxygens (including phenoxy) is 2. The lowest BCUT2D eigenvalue weighted by atomic mass is 9.99. The maximum atomic E-state index is 12.3. The third kappa shape index (κ3) is 7.37. The van der Waals surface area contributed by atoms with Crippen LogP contribution < -0.4 is 5.32 Å².